The Morgan fingerprint density at radius 3 is 2.76 bits per heavy atom. The van der Waals surface area contributed by atoms with Crippen LogP contribution in [0.15, 0.2) is 45.2 Å². The van der Waals surface area contributed by atoms with Gasteiger partial charge in [0, 0.05) is 20.9 Å². The van der Waals surface area contributed by atoms with Crippen LogP contribution in [0, 0.1) is 0 Å². The molecule has 1 aromatic carbocycles. The average Bonchev–Trinajstić information content (AvgIpc) is 2.81. The highest BCUT2D eigenvalue weighted by Crippen LogP contribution is 2.21. The molecule has 2 aromatic rings. The fourth-order valence-corrected chi connectivity index (χ4v) is 2.92. The second-order valence-corrected chi connectivity index (χ2v) is 6.33. The van der Waals surface area contributed by atoms with Crippen molar-refractivity contribution in [3.05, 3.63) is 45.3 Å². The molecule has 0 saturated carbocycles. The Morgan fingerprint density at radius 1 is 1.35 bits per heavy atom. The highest BCUT2D eigenvalue weighted by molar-refractivity contribution is 9.10. The zero-order chi connectivity index (χ0) is 12.1. The number of benzene rings is 1. The van der Waals surface area contributed by atoms with Crippen molar-refractivity contribution in [2.24, 2.45) is 0 Å². The van der Waals surface area contributed by atoms with Crippen LogP contribution in [0.2, 0.25) is 0 Å². The van der Waals surface area contributed by atoms with Gasteiger partial charge >= 0.3 is 0 Å². The summed E-state index contributed by atoms with van der Waals surface area (Å²) < 4.78 is 1.05. The molecule has 0 spiro atoms. The van der Waals surface area contributed by atoms with Gasteiger partial charge < -0.3 is 0 Å². The van der Waals surface area contributed by atoms with Crippen LogP contribution in [0.1, 0.15) is 5.01 Å². The van der Waals surface area contributed by atoms with Crippen molar-refractivity contribution in [2.45, 2.75) is 11.3 Å². The Labute approximate surface area is 117 Å². The maximum absolute atomic E-state index is 11.7. The summed E-state index contributed by atoms with van der Waals surface area (Å²) in [6.45, 7) is 0. The van der Waals surface area contributed by atoms with Gasteiger partial charge in [-0.05, 0) is 24.3 Å². The lowest BCUT2D eigenvalue weighted by atomic mass is 10.3. The lowest BCUT2D eigenvalue weighted by Gasteiger charge is -2.00. The maximum Gasteiger partial charge on any atom is 0.149 e. The summed E-state index contributed by atoms with van der Waals surface area (Å²) in [7, 11) is 0. The first-order valence-corrected chi connectivity index (χ1v) is 7.68. The molecule has 1 heterocycles. The monoisotopic (exact) mass is 327 g/mol. The summed E-state index contributed by atoms with van der Waals surface area (Å²) in [5.74, 6) is 0.717. The van der Waals surface area contributed by atoms with Crippen LogP contribution in [-0.4, -0.2) is 16.5 Å². The molecule has 0 atom stereocenters. The van der Waals surface area contributed by atoms with Gasteiger partial charge in [0.05, 0.1) is 17.2 Å². The number of thiazole rings is 1. The minimum Gasteiger partial charge on any atom is -0.298 e. The molecule has 0 bridgehead atoms. The quantitative estimate of drug-likeness (QED) is 0.782. The molecule has 0 N–H and O–H groups in total. The van der Waals surface area contributed by atoms with Crippen LogP contribution in [0.5, 0.6) is 0 Å². The lowest BCUT2D eigenvalue weighted by Crippen LogP contribution is -2.05. The fraction of sp³-hybridized carbons (Fsp3) is 0.167. The molecule has 1 aromatic heterocycles. The van der Waals surface area contributed by atoms with Crippen LogP contribution in [0.25, 0.3) is 0 Å². The van der Waals surface area contributed by atoms with Crippen LogP contribution in [0.4, 0.5) is 0 Å². The highest BCUT2D eigenvalue weighted by atomic mass is 79.9. The smallest absolute Gasteiger partial charge is 0.149 e. The normalized spacial score (nSPS) is 10.4. The van der Waals surface area contributed by atoms with Gasteiger partial charge in [0.1, 0.15) is 5.78 Å². The van der Waals surface area contributed by atoms with Gasteiger partial charge in [0.25, 0.3) is 0 Å². The van der Waals surface area contributed by atoms with Crippen LogP contribution >= 0.6 is 39.0 Å². The lowest BCUT2D eigenvalue weighted by molar-refractivity contribution is -0.116. The molecule has 88 valence electrons. The van der Waals surface area contributed by atoms with Crippen molar-refractivity contribution in [3.63, 3.8) is 0 Å². The molecule has 0 unspecified atom stereocenters. The number of rotatable bonds is 5. The minimum atomic E-state index is 0.216. The van der Waals surface area contributed by atoms with Gasteiger partial charge in [0.15, 0.2) is 0 Å². The zero-order valence-electron chi connectivity index (χ0n) is 8.93. The van der Waals surface area contributed by atoms with E-state index in [1.807, 2.05) is 29.6 Å². The van der Waals surface area contributed by atoms with Crippen molar-refractivity contribution in [1.82, 2.24) is 4.98 Å². The number of halogens is 1. The summed E-state index contributed by atoms with van der Waals surface area (Å²) >= 11 is 6.48. The molecule has 0 aliphatic heterocycles. The van der Waals surface area contributed by atoms with Crippen LogP contribution in [0.3, 0.4) is 0 Å². The van der Waals surface area contributed by atoms with Crippen molar-refractivity contribution in [1.29, 1.82) is 0 Å². The zero-order valence-corrected chi connectivity index (χ0v) is 12.1. The second kappa shape index (κ2) is 6.33. The van der Waals surface area contributed by atoms with Gasteiger partial charge in [-0.2, -0.15) is 0 Å². The van der Waals surface area contributed by atoms with E-state index in [1.54, 1.807) is 18.0 Å². The van der Waals surface area contributed by atoms with E-state index in [0.29, 0.717) is 12.2 Å². The van der Waals surface area contributed by atoms with Gasteiger partial charge in [0.2, 0.25) is 0 Å². The Morgan fingerprint density at radius 2 is 2.12 bits per heavy atom. The van der Waals surface area contributed by atoms with Crippen molar-refractivity contribution in [2.75, 3.05) is 5.75 Å². The molecule has 17 heavy (non-hydrogen) atoms. The largest absolute Gasteiger partial charge is 0.298 e. The second-order valence-electron chi connectivity index (χ2n) is 3.38. The first-order chi connectivity index (χ1) is 8.24. The topological polar surface area (TPSA) is 30.0 Å². The number of carbonyl (C=O) groups is 1. The Kier molecular flexibility index (Phi) is 4.76. The molecule has 2 nitrogen and oxygen atoms in total. The molecule has 0 saturated heterocycles. The first-order valence-electron chi connectivity index (χ1n) is 5.02. The molecule has 0 aliphatic carbocycles. The van der Waals surface area contributed by atoms with E-state index in [1.165, 1.54) is 11.3 Å². The minimum absolute atomic E-state index is 0.216. The molecular weight excluding hydrogens is 318 g/mol. The number of Topliss-reactive ketones (excluding diaryl/α,β-unsaturated/α-hetero) is 1. The van der Waals surface area contributed by atoms with Gasteiger partial charge in [-0.15, -0.1) is 23.1 Å². The first kappa shape index (κ1) is 12.8. The Hall–Kier alpha value is -0.650. The maximum atomic E-state index is 11.7. The van der Waals surface area contributed by atoms with E-state index < -0.39 is 0 Å². The Bertz CT molecular complexity index is 482. The molecule has 5 heteroatoms. The van der Waals surface area contributed by atoms with Crippen LogP contribution < -0.4 is 0 Å². The standard InChI is InChI=1S/C12H10BrNOS2/c13-9-1-3-11(4-2-9)17-8-10(15)7-12-14-5-6-16-12/h1-6H,7-8H2. The third-order valence-electron chi connectivity index (χ3n) is 2.05. The van der Waals surface area contributed by atoms with Gasteiger partial charge in [-0.3, -0.25) is 4.79 Å². The number of aromatic nitrogens is 1. The summed E-state index contributed by atoms with van der Waals surface area (Å²) in [6, 6.07) is 7.97. The molecule has 0 aliphatic rings. The van der Waals surface area contributed by atoms with Crippen LogP contribution in [-0.2, 0) is 11.2 Å². The predicted molar refractivity (Wildman–Crippen MR) is 75.7 cm³/mol. The molecule has 0 radical (unpaired) electrons. The predicted octanol–water partition coefficient (Wildman–Crippen LogP) is 3.81. The van der Waals surface area contributed by atoms with Gasteiger partial charge in [-0.1, -0.05) is 15.9 Å². The summed E-state index contributed by atoms with van der Waals surface area (Å²) in [5.41, 5.74) is 0. The average molecular weight is 328 g/mol. The molecule has 0 amide bonds. The van der Waals surface area contributed by atoms with E-state index in [9.17, 15) is 4.79 Å². The summed E-state index contributed by atoms with van der Waals surface area (Å²) in [5, 5.41) is 2.79. The third-order valence-corrected chi connectivity index (χ3v) is 4.43. The number of hydrogen-bond acceptors (Lipinski definition) is 4. The summed E-state index contributed by atoms with van der Waals surface area (Å²) in [6.07, 6.45) is 2.18. The summed E-state index contributed by atoms with van der Waals surface area (Å²) in [4.78, 5) is 16.9. The SMILES string of the molecule is O=C(CSc1ccc(Br)cc1)Cc1nccs1. The number of hydrogen-bond donors (Lipinski definition) is 0. The fourth-order valence-electron chi connectivity index (χ4n) is 1.25. The van der Waals surface area contributed by atoms with E-state index in [0.717, 1.165) is 14.4 Å². The number of ketones is 1. The van der Waals surface area contributed by atoms with Crippen molar-refractivity contribution < 1.29 is 4.79 Å². The van der Waals surface area contributed by atoms with E-state index in [4.69, 9.17) is 0 Å². The van der Waals surface area contributed by atoms with Crippen molar-refractivity contribution >= 4 is 44.8 Å². The number of thioether (sulfide) groups is 1. The molecule has 0 fully saturated rings. The number of nitrogens with zero attached hydrogens (tertiary/aromatic N) is 1. The van der Waals surface area contributed by atoms with E-state index >= 15 is 0 Å². The molecular formula is C12H10BrNOS2. The Balaban J connectivity index is 1.82. The third kappa shape index (κ3) is 4.26. The van der Waals surface area contributed by atoms with Gasteiger partial charge in [-0.25, -0.2) is 4.98 Å². The van der Waals surface area contributed by atoms with Crippen molar-refractivity contribution in [3.8, 4) is 0 Å². The highest BCUT2D eigenvalue weighted by Gasteiger charge is 2.06. The van der Waals surface area contributed by atoms with E-state index in [-0.39, 0.29) is 5.78 Å². The molecule has 2 rings (SSSR count). The number of carbonyl (C=O) groups excluding carboxylic acids is 1. The van der Waals surface area contributed by atoms with E-state index in [2.05, 4.69) is 20.9 Å².